The number of amidine groups is 1. The maximum Gasteiger partial charge on any atom is 0.135 e. The fourth-order valence-corrected chi connectivity index (χ4v) is 3.60. The highest BCUT2D eigenvalue weighted by Gasteiger charge is 2.12. The summed E-state index contributed by atoms with van der Waals surface area (Å²) in [5.74, 6) is 0.953. The summed E-state index contributed by atoms with van der Waals surface area (Å²) in [6.45, 7) is 4.13. The Morgan fingerprint density at radius 3 is 2.58 bits per heavy atom. The second-order valence-electron chi connectivity index (χ2n) is 4.25. The molecule has 1 aromatic carbocycles. The summed E-state index contributed by atoms with van der Waals surface area (Å²) in [5, 5.41) is 8.59. The highest BCUT2D eigenvalue weighted by atomic mass is 32.2. The summed E-state index contributed by atoms with van der Waals surface area (Å²) >= 11 is 3.30. The molecule has 0 amide bonds. The molecule has 0 fully saturated rings. The van der Waals surface area contributed by atoms with E-state index in [1.807, 2.05) is 6.92 Å². The minimum atomic E-state index is 0.126. The van der Waals surface area contributed by atoms with Gasteiger partial charge in [-0.05, 0) is 25.5 Å². The number of nitrogens with two attached hydrogens (primary N) is 1. The Bertz CT molecular complexity index is 573. The van der Waals surface area contributed by atoms with E-state index in [-0.39, 0.29) is 5.84 Å². The zero-order valence-corrected chi connectivity index (χ0v) is 12.7. The van der Waals surface area contributed by atoms with E-state index in [0.29, 0.717) is 0 Å². The van der Waals surface area contributed by atoms with E-state index in [0.717, 1.165) is 27.8 Å². The number of aryl methyl sites for hydroxylation is 2. The van der Waals surface area contributed by atoms with Gasteiger partial charge in [0.1, 0.15) is 10.8 Å². The number of aromatic nitrogens is 1. The van der Waals surface area contributed by atoms with Crippen molar-refractivity contribution in [3.05, 3.63) is 45.4 Å². The largest absolute Gasteiger partial charge is 0.383 e. The number of nitrogen functional groups attached to an aromatic ring is 1. The van der Waals surface area contributed by atoms with Crippen LogP contribution in [0.2, 0.25) is 0 Å². The number of benzene rings is 1. The number of nitrogens with zero attached hydrogens (tertiary/aromatic N) is 1. The van der Waals surface area contributed by atoms with E-state index < -0.39 is 0 Å². The first kappa shape index (κ1) is 14.1. The minimum absolute atomic E-state index is 0.126. The zero-order chi connectivity index (χ0) is 13.8. The van der Waals surface area contributed by atoms with E-state index >= 15 is 0 Å². The van der Waals surface area contributed by atoms with Gasteiger partial charge in [-0.15, -0.1) is 23.1 Å². The molecule has 3 N–H and O–H groups in total. The lowest BCUT2D eigenvalue weighted by Gasteiger charge is -1.99. The summed E-state index contributed by atoms with van der Waals surface area (Å²) in [6.07, 6.45) is 0.820. The fourth-order valence-electron chi connectivity index (χ4n) is 1.69. The number of thiazole rings is 1. The molecule has 0 spiro atoms. The Morgan fingerprint density at radius 1 is 1.37 bits per heavy atom. The highest BCUT2D eigenvalue weighted by Crippen LogP contribution is 2.27. The topological polar surface area (TPSA) is 62.8 Å². The molecule has 0 radical (unpaired) electrons. The van der Waals surface area contributed by atoms with Gasteiger partial charge in [0.2, 0.25) is 0 Å². The van der Waals surface area contributed by atoms with Gasteiger partial charge in [0, 0.05) is 4.90 Å². The third-order valence-corrected chi connectivity index (χ3v) is 5.04. The first-order valence-corrected chi connectivity index (χ1v) is 7.92. The Balaban J connectivity index is 2.07. The second kappa shape index (κ2) is 6.21. The number of rotatable bonds is 5. The number of hydrogen-bond acceptors (Lipinski definition) is 4. The summed E-state index contributed by atoms with van der Waals surface area (Å²) in [5.41, 5.74) is 7.79. The molecule has 2 rings (SSSR count). The molecule has 0 aliphatic rings. The summed E-state index contributed by atoms with van der Waals surface area (Å²) in [4.78, 5) is 6.62. The van der Waals surface area contributed by atoms with E-state index in [1.54, 1.807) is 11.8 Å². The standard InChI is InChI=1S/C14H17N3S2/c1-3-11-13(14(15)16)19-12(17-11)8-18-10-6-4-9(2)5-7-10/h4-7H,3,8H2,1-2H3,(H3,15,16). The van der Waals surface area contributed by atoms with Crippen LogP contribution in [0.3, 0.4) is 0 Å². The molecule has 0 unspecified atom stereocenters. The molecule has 0 atom stereocenters. The van der Waals surface area contributed by atoms with Gasteiger partial charge in [0.15, 0.2) is 0 Å². The number of nitrogens with one attached hydrogen (secondary N) is 1. The van der Waals surface area contributed by atoms with Crippen LogP contribution in [0.1, 0.15) is 28.1 Å². The highest BCUT2D eigenvalue weighted by molar-refractivity contribution is 7.98. The van der Waals surface area contributed by atoms with Crippen molar-refractivity contribution in [2.75, 3.05) is 0 Å². The smallest absolute Gasteiger partial charge is 0.135 e. The van der Waals surface area contributed by atoms with Crippen LogP contribution in [0.25, 0.3) is 0 Å². The molecule has 1 aromatic heterocycles. The first-order valence-electron chi connectivity index (χ1n) is 6.12. The predicted octanol–water partition coefficient (Wildman–Crippen LogP) is 3.59. The second-order valence-corrected chi connectivity index (χ2v) is 6.38. The first-order chi connectivity index (χ1) is 9.10. The molecular formula is C14H17N3S2. The van der Waals surface area contributed by atoms with Crippen molar-refractivity contribution in [2.24, 2.45) is 5.73 Å². The van der Waals surface area contributed by atoms with Crippen LogP contribution in [-0.4, -0.2) is 10.8 Å². The number of hydrogen-bond donors (Lipinski definition) is 2. The van der Waals surface area contributed by atoms with Crippen LogP contribution < -0.4 is 5.73 Å². The molecule has 1 heterocycles. The summed E-state index contributed by atoms with van der Waals surface area (Å²) in [7, 11) is 0. The molecule has 0 saturated carbocycles. The van der Waals surface area contributed by atoms with E-state index in [4.69, 9.17) is 11.1 Å². The van der Waals surface area contributed by atoms with E-state index in [2.05, 4.69) is 36.2 Å². The Hall–Kier alpha value is -1.33. The number of thioether (sulfide) groups is 1. The predicted molar refractivity (Wildman–Crippen MR) is 83.2 cm³/mol. The average Bonchev–Trinajstić information content (AvgIpc) is 2.81. The Labute approximate surface area is 121 Å². The van der Waals surface area contributed by atoms with Crippen molar-refractivity contribution < 1.29 is 0 Å². The third kappa shape index (κ3) is 3.58. The van der Waals surface area contributed by atoms with Crippen LogP contribution in [0.15, 0.2) is 29.2 Å². The van der Waals surface area contributed by atoms with Crippen molar-refractivity contribution in [3.8, 4) is 0 Å². The Kier molecular flexibility index (Phi) is 4.61. The quantitative estimate of drug-likeness (QED) is 0.503. The maximum atomic E-state index is 7.55. The molecule has 0 aliphatic heterocycles. The Morgan fingerprint density at radius 2 is 2.05 bits per heavy atom. The van der Waals surface area contributed by atoms with Crippen LogP contribution in [0.5, 0.6) is 0 Å². The average molecular weight is 291 g/mol. The third-order valence-electron chi connectivity index (χ3n) is 2.70. The van der Waals surface area contributed by atoms with Gasteiger partial charge in [-0.3, -0.25) is 5.41 Å². The molecule has 5 heteroatoms. The fraction of sp³-hybridized carbons (Fsp3) is 0.286. The van der Waals surface area contributed by atoms with E-state index in [1.165, 1.54) is 21.8 Å². The van der Waals surface area contributed by atoms with Crippen LogP contribution >= 0.6 is 23.1 Å². The van der Waals surface area contributed by atoms with E-state index in [9.17, 15) is 0 Å². The van der Waals surface area contributed by atoms with Gasteiger partial charge in [-0.2, -0.15) is 0 Å². The van der Waals surface area contributed by atoms with Crippen molar-refractivity contribution in [3.63, 3.8) is 0 Å². The van der Waals surface area contributed by atoms with Crippen molar-refractivity contribution in [1.29, 1.82) is 5.41 Å². The monoisotopic (exact) mass is 291 g/mol. The molecule has 0 aliphatic carbocycles. The van der Waals surface area contributed by atoms with Crippen molar-refractivity contribution in [2.45, 2.75) is 30.9 Å². The normalized spacial score (nSPS) is 10.6. The van der Waals surface area contributed by atoms with Gasteiger partial charge in [-0.25, -0.2) is 4.98 Å². The lowest BCUT2D eigenvalue weighted by molar-refractivity contribution is 1.03. The summed E-state index contributed by atoms with van der Waals surface area (Å²) in [6, 6.07) is 8.48. The minimum Gasteiger partial charge on any atom is -0.383 e. The van der Waals surface area contributed by atoms with Crippen molar-refractivity contribution in [1.82, 2.24) is 4.98 Å². The maximum absolute atomic E-state index is 7.55. The molecule has 0 bridgehead atoms. The molecule has 2 aromatic rings. The molecular weight excluding hydrogens is 274 g/mol. The lowest BCUT2D eigenvalue weighted by Crippen LogP contribution is -2.11. The van der Waals surface area contributed by atoms with Gasteiger partial charge < -0.3 is 5.73 Å². The zero-order valence-electron chi connectivity index (χ0n) is 11.1. The van der Waals surface area contributed by atoms with Crippen molar-refractivity contribution >= 4 is 28.9 Å². The van der Waals surface area contributed by atoms with Gasteiger partial charge in [0.25, 0.3) is 0 Å². The molecule has 0 saturated heterocycles. The van der Waals surface area contributed by atoms with Crippen LogP contribution in [-0.2, 0) is 12.2 Å². The SMILES string of the molecule is CCc1nc(CSc2ccc(C)cc2)sc1C(=N)N. The van der Waals surface area contributed by atoms with Crippen LogP contribution in [0.4, 0.5) is 0 Å². The lowest BCUT2D eigenvalue weighted by atomic mass is 10.2. The van der Waals surface area contributed by atoms with Gasteiger partial charge in [-0.1, -0.05) is 24.6 Å². The van der Waals surface area contributed by atoms with Crippen LogP contribution in [0, 0.1) is 12.3 Å². The molecule has 19 heavy (non-hydrogen) atoms. The molecule has 100 valence electrons. The summed E-state index contributed by atoms with van der Waals surface area (Å²) < 4.78 is 0. The molecule has 3 nitrogen and oxygen atoms in total. The van der Waals surface area contributed by atoms with Gasteiger partial charge >= 0.3 is 0 Å². The van der Waals surface area contributed by atoms with Gasteiger partial charge in [0.05, 0.1) is 16.3 Å².